The van der Waals surface area contributed by atoms with Crippen LogP contribution in [0.15, 0.2) is 49.1 Å². The highest BCUT2D eigenvalue weighted by atomic mass is 14.0. The monoisotopic (exact) mass is 200 g/mol. The summed E-state index contributed by atoms with van der Waals surface area (Å²) in [5.74, 6) is 0. The van der Waals surface area contributed by atoms with Gasteiger partial charge < -0.3 is 0 Å². The molecular weight excluding hydrogens is 180 g/mol. The van der Waals surface area contributed by atoms with Crippen LogP contribution in [0, 0.1) is 0 Å². The fourth-order valence-electron chi connectivity index (χ4n) is 1.69. The van der Waals surface area contributed by atoms with Crippen molar-refractivity contribution in [2.75, 3.05) is 0 Å². The minimum absolute atomic E-state index is 0.955. The summed E-state index contributed by atoms with van der Waals surface area (Å²) < 4.78 is 0. The summed E-state index contributed by atoms with van der Waals surface area (Å²) in [5, 5.41) is 0. The molecule has 0 heterocycles. The summed E-state index contributed by atoms with van der Waals surface area (Å²) in [6, 6.07) is 8.74. The average Bonchev–Trinajstić information content (AvgIpc) is 2.22. The van der Waals surface area contributed by atoms with Crippen molar-refractivity contribution in [2.24, 2.45) is 0 Å². The standard InChI is InChI=1S/C15H20/c1-4-6-13(3)12-15-10-8-14(7-5-2)9-11-15/h5,8-11H,2-4,6-7,12H2,1H3. The lowest BCUT2D eigenvalue weighted by atomic mass is 10.0. The molecule has 80 valence electrons. The Morgan fingerprint density at radius 2 is 1.80 bits per heavy atom. The molecule has 0 saturated carbocycles. The zero-order valence-corrected chi connectivity index (χ0v) is 9.63. The van der Waals surface area contributed by atoms with Crippen molar-refractivity contribution in [1.82, 2.24) is 0 Å². The van der Waals surface area contributed by atoms with E-state index in [1.165, 1.54) is 23.1 Å². The van der Waals surface area contributed by atoms with Gasteiger partial charge in [-0.05, 0) is 30.4 Å². The number of hydrogen-bond donors (Lipinski definition) is 0. The van der Waals surface area contributed by atoms with Crippen LogP contribution in [0.4, 0.5) is 0 Å². The fraction of sp³-hybridized carbons (Fsp3) is 0.333. The summed E-state index contributed by atoms with van der Waals surface area (Å²) in [7, 11) is 0. The van der Waals surface area contributed by atoms with Crippen molar-refractivity contribution in [3.05, 3.63) is 60.2 Å². The molecule has 0 spiro atoms. The maximum atomic E-state index is 4.08. The van der Waals surface area contributed by atoms with Gasteiger partial charge in [-0.1, -0.05) is 55.8 Å². The first-order valence-electron chi connectivity index (χ1n) is 5.61. The molecule has 0 unspecified atom stereocenters. The van der Waals surface area contributed by atoms with Gasteiger partial charge in [-0.25, -0.2) is 0 Å². The maximum absolute atomic E-state index is 4.08. The van der Waals surface area contributed by atoms with Gasteiger partial charge in [0.25, 0.3) is 0 Å². The van der Waals surface area contributed by atoms with Crippen LogP contribution >= 0.6 is 0 Å². The summed E-state index contributed by atoms with van der Waals surface area (Å²) >= 11 is 0. The van der Waals surface area contributed by atoms with E-state index in [0.717, 1.165) is 19.3 Å². The lowest BCUT2D eigenvalue weighted by Crippen LogP contribution is -1.90. The molecule has 0 amide bonds. The van der Waals surface area contributed by atoms with Gasteiger partial charge >= 0.3 is 0 Å². The highest BCUT2D eigenvalue weighted by Crippen LogP contribution is 2.12. The first-order chi connectivity index (χ1) is 7.26. The third-order valence-corrected chi connectivity index (χ3v) is 2.46. The first-order valence-corrected chi connectivity index (χ1v) is 5.61. The van der Waals surface area contributed by atoms with Crippen molar-refractivity contribution in [3.8, 4) is 0 Å². The van der Waals surface area contributed by atoms with Crippen LogP contribution in [-0.2, 0) is 12.8 Å². The molecule has 1 aromatic carbocycles. The van der Waals surface area contributed by atoms with Gasteiger partial charge in [-0.2, -0.15) is 0 Å². The van der Waals surface area contributed by atoms with Crippen LogP contribution in [0.25, 0.3) is 0 Å². The Bertz CT molecular complexity index is 316. The van der Waals surface area contributed by atoms with Crippen LogP contribution in [0.3, 0.4) is 0 Å². The second-order valence-electron chi connectivity index (χ2n) is 3.99. The van der Waals surface area contributed by atoms with Crippen molar-refractivity contribution in [1.29, 1.82) is 0 Å². The van der Waals surface area contributed by atoms with Gasteiger partial charge in [0.15, 0.2) is 0 Å². The molecule has 0 aliphatic heterocycles. The average molecular weight is 200 g/mol. The molecule has 0 bridgehead atoms. The molecule has 0 N–H and O–H groups in total. The summed E-state index contributed by atoms with van der Waals surface area (Å²) in [6.07, 6.45) is 6.23. The summed E-state index contributed by atoms with van der Waals surface area (Å²) in [4.78, 5) is 0. The molecule has 15 heavy (non-hydrogen) atoms. The van der Waals surface area contributed by atoms with E-state index in [4.69, 9.17) is 0 Å². The highest BCUT2D eigenvalue weighted by Gasteiger charge is 1.97. The van der Waals surface area contributed by atoms with E-state index in [0.29, 0.717) is 0 Å². The van der Waals surface area contributed by atoms with E-state index in [1.807, 2.05) is 6.08 Å². The van der Waals surface area contributed by atoms with E-state index in [2.05, 4.69) is 44.3 Å². The molecule has 0 fully saturated rings. The minimum Gasteiger partial charge on any atom is -0.103 e. The van der Waals surface area contributed by atoms with E-state index in [-0.39, 0.29) is 0 Å². The highest BCUT2D eigenvalue weighted by molar-refractivity contribution is 5.26. The third-order valence-electron chi connectivity index (χ3n) is 2.46. The van der Waals surface area contributed by atoms with E-state index >= 15 is 0 Å². The molecule has 0 nitrogen and oxygen atoms in total. The number of rotatable bonds is 6. The molecule has 0 aliphatic rings. The minimum atomic E-state index is 0.955. The zero-order chi connectivity index (χ0) is 11.1. The van der Waals surface area contributed by atoms with E-state index in [9.17, 15) is 0 Å². The van der Waals surface area contributed by atoms with Crippen molar-refractivity contribution in [3.63, 3.8) is 0 Å². The topological polar surface area (TPSA) is 0 Å². The zero-order valence-electron chi connectivity index (χ0n) is 9.63. The Morgan fingerprint density at radius 1 is 1.20 bits per heavy atom. The van der Waals surface area contributed by atoms with Crippen molar-refractivity contribution in [2.45, 2.75) is 32.6 Å². The molecular formula is C15H20. The Hall–Kier alpha value is -1.30. The quantitative estimate of drug-likeness (QED) is 0.600. The van der Waals surface area contributed by atoms with Crippen LogP contribution < -0.4 is 0 Å². The molecule has 0 saturated heterocycles. The fourth-order valence-corrected chi connectivity index (χ4v) is 1.69. The van der Waals surface area contributed by atoms with Crippen molar-refractivity contribution >= 4 is 0 Å². The first kappa shape index (κ1) is 11.8. The lowest BCUT2D eigenvalue weighted by molar-refractivity contribution is 0.875. The van der Waals surface area contributed by atoms with Crippen LogP contribution in [-0.4, -0.2) is 0 Å². The van der Waals surface area contributed by atoms with Crippen LogP contribution in [0.5, 0.6) is 0 Å². The van der Waals surface area contributed by atoms with Crippen LogP contribution in [0.2, 0.25) is 0 Å². The predicted octanol–water partition coefficient (Wildman–Crippen LogP) is 4.31. The van der Waals surface area contributed by atoms with Gasteiger partial charge in [0.2, 0.25) is 0 Å². The van der Waals surface area contributed by atoms with Gasteiger partial charge in [0.1, 0.15) is 0 Å². The third kappa shape index (κ3) is 4.16. The lowest BCUT2D eigenvalue weighted by Gasteiger charge is -2.05. The van der Waals surface area contributed by atoms with E-state index in [1.54, 1.807) is 0 Å². The van der Waals surface area contributed by atoms with Gasteiger partial charge in [0.05, 0.1) is 0 Å². The van der Waals surface area contributed by atoms with Gasteiger partial charge in [-0.3, -0.25) is 0 Å². The smallest absolute Gasteiger partial charge is 0.00698 e. The SMILES string of the molecule is C=CCc1ccc(CC(=C)CCC)cc1. The molecule has 0 aliphatic carbocycles. The van der Waals surface area contributed by atoms with E-state index < -0.39 is 0 Å². The molecule has 1 aromatic rings. The molecule has 0 aromatic heterocycles. The maximum Gasteiger partial charge on any atom is -0.00698 e. The summed E-state index contributed by atoms with van der Waals surface area (Å²) in [5.41, 5.74) is 4.02. The number of allylic oxidation sites excluding steroid dienone is 2. The Kier molecular flexibility index (Phi) is 4.89. The van der Waals surface area contributed by atoms with Crippen LogP contribution in [0.1, 0.15) is 30.9 Å². The second-order valence-corrected chi connectivity index (χ2v) is 3.99. The molecule has 0 atom stereocenters. The second kappa shape index (κ2) is 6.23. The number of hydrogen-bond acceptors (Lipinski definition) is 0. The molecule has 1 rings (SSSR count). The Labute approximate surface area is 93.3 Å². The van der Waals surface area contributed by atoms with Gasteiger partial charge in [-0.15, -0.1) is 6.58 Å². The Morgan fingerprint density at radius 3 is 2.33 bits per heavy atom. The molecule has 0 radical (unpaired) electrons. The van der Waals surface area contributed by atoms with Crippen molar-refractivity contribution < 1.29 is 0 Å². The van der Waals surface area contributed by atoms with Gasteiger partial charge in [0, 0.05) is 0 Å². The Balaban J connectivity index is 2.56. The largest absolute Gasteiger partial charge is 0.103 e. The summed E-state index contributed by atoms with van der Waals surface area (Å²) in [6.45, 7) is 10.0. The normalized spacial score (nSPS) is 9.93. The molecule has 0 heteroatoms. The number of benzene rings is 1. The predicted molar refractivity (Wildman–Crippen MR) is 68.1 cm³/mol.